The number of nitrogens with one attached hydrogen (secondary N) is 1. The van der Waals surface area contributed by atoms with Crippen LogP contribution in [0.5, 0.6) is 0 Å². The Balaban J connectivity index is 1.85. The molecular formula is C30H39F3N2O4. The van der Waals surface area contributed by atoms with Crippen LogP contribution in [0.3, 0.4) is 0 Å². The Kier molecular flexibility index (Phi) is 13.5. The molecule has 0 spiro atoms. The molecule has 0 aromatic heterocycles. The Bertz CT molecular complexity index is 1050. The third kappa shape index (κ3) is 11.5. The highest BCUT2D eigenvalue weighted by Gasteiger charge is 2.34. The van der Waals surface area contributed by atoms with E-state index >= 15 is 0 Å². The molecule has 39 heavy (non-hydrogen) atoms. The fourth-order valence-corrected chi connectivity index (χ4v) is 4.37. The summed E-state index contributed by atoms with van der Waals surface area (Å²) in [6.07, 6.45) is 7.41. The highest BCUT2D eigenvalue weighted by Crippen LogP contribution is 2.32. The van der Waals surface area contributed by atoms with E-state index in [2.05, 4.69) is 12.2 Å². The number of amides is 2. The Labute approximate surface area is 228 Å². The third-order valence-corrected chi connectivity index (χ3v) is 6.56. The summed E-state index contributed by atoms with van der Waals surface area (Å²) in [7, 11) is 0. The Morgan fingerprint density at radius 3 is 1.92 bits per heavy atom. The van der Waals surface area contributed by atoms with Crippen molar-refractivity contribution in [2.45, 2.75) is 90.4 Å². The highest BCUT2D eigenvalue weighted by atomic mass is 19.4. The number of nitrogens with zero attached hydrogens (tertiary/aromatic N) is 1. The van der Waals surface area contributed by atoms with Crippen LogP contribution in [0.2, 0.25) is 0 Å². The van der Waals surface area contributed by atoms with Gasteiger partial charge in [-0.2, -0.15) is 13.2 Å². The van der Waals surface area contributed by atoms with Gasteiger partial charge in [-0.05, 0) is 35.7 Å². The number of carboxylic acid groups (broad SMARTS) is 1. The van der Waals surface area contributed by atoms with Crippen molar-refractivity contribution in [2.24, 2.45) is 0 Å². The first-order valence-corrected chi connectivity index (χ1v) is 13.7. The number of carbonyl (C=O) groups is 3. The molecule has 0 aliphatic rings. The van der Waals surface area contributed by atoms with E-state index in [-0.39, 0.29) is 18.0 Å². The number of unbranched alkanes of at least 4 members (excludes halogenated alkanes) is 9. The molecular weight excluding hydrogens is 509 g/mol. The van der Waals surface area contributed by atoms with E-state index in [9.17, 15) is 32.7 Å². The van der Waals surface area contributed by atoms with Crippen molar-refractivity contribution < 1.29 is 32.7 Å². The lowest BCUT2D eigenvalue weighted by molar-refractivity contribution is -0.156. The number of carbonyl (C=O) groups excluding carboxylic acids is 2. The minimum absolute atomic E-state index is 0.206. The molecule has 6 nitrogen and oxygen atoms in total. The van der Waals surface area contributed by atoms with Crippen molar-refractivity contribution in [2.75, 3.05) is 6.54 Å². The first kappa shape index (κ1) is 31.9. The van der Waals surface area contributed by atoms with Gasteiger partial charge in [-0.1, -0.05) is 95.0 Å². The molecule has 214 valence electrons. The van der Waals surface area contributed by atoms with E-state index in [1.54, 1.807) is 24.3 Å². The van der Waals surface area contributed by atoms with Crippen molar-refractivity contribution in [1.82, 2.24) is 10.2 Å². The number of hydrogen-bond acceptors (Lipinski definition) is 3. The maximum absolute atomic E-state index is 13.4. The number of rotatable bonds is 16. The van der Waals surface area contributed by atoms with Gasteiger partial charge in [0.1, 0.15) is 0 Å². The second kappa shape index (κ2) is 16.6. The lowest BCUT2D eigenvalue weighted by Gasteiger charge is -2.23. The van der Waals surface area contributed by atoms with Gasteiger partial charge in [-0.15, -0.1) is 0 Å². The van der Waals surface area contributed by atoms with Gasteiger partial charge < -0.3 is 15.3 Å². The predicted octanol–water partition coefficient (Wildman–Crippen LogP) is 6.97. The summed E-state index contributed by atoms with van der Waals surface area (Å²) < 4.78 is 40.1. The fourth-order valence-electron chi connectivity index (χ4n) is 4.37. The molecule has 0 atom stereocenters. The summed E-state index contributed by atoms with van der Waals surface area (Å²) >= 11 is 0. The van der Waals surface area contributed by atoms with Crippen LogP contribution < -0.4 is 5.32 Å². The molecule has 0 bridgehead atoms. The molecule has 0 unspecified atom stereocenters. The molecule has 2 rings (SSSR count). The monoisotopic (exact) mass is 548 g/mol. The number of hydrogen-bond donors (Lipinski definition) is 2. The minimum atomic E-state index is -4.64. The Morgan fingerprint density at radius 2 is 1.36 bits per heavy atom. The summed E-state index contributed by atoms with van der Waals surface area (Å²) in [5.41, 5.74) is -0.241. The smallest absolute Gasteiger partial charge is 0.416 e. The number of aliphatic carboxylic acids is 1. The molecule has 0 saturated heterocycles. The fraction of sp³-hybridized carbons (Fsp3) is 0.500. The summed E-state index contributed by atoms with van der Waals surface area (Å²) in [5, 5.41) is 12.1. The van der Waals surface area contributed by atoms with Crippen LogP contribution in [0.25, 0.3) is 0 Å². The second-order valence-electron chi connectivity index (χ2n) is 9.76. The quantitative estimate of drug-likeness (QED) is 0.175. The van der Waals surface area contributed by atoms with Crippen molar-refractivity contribution in [3.05, 3.63) is 70.8 Å². The van der Waals surface area contributed by atoms with Crippen molar-refractivity contribution in [3.63, 3.8) is 0 Å². The van der Waals surface area contributed by atoms with Crippen LogP contribution in [0.15, 0.2) is 48.5 Å². The molecule has 2 aromatic carbocycles. The average Bonchev–Trinajstić information content (AvgIpc) is 2.91. The normalized spacial score (nSPS) is 11.3. The van der Waals surface area contributed by atoms with Gasteiger partial charge in [0.2, 0.25) is 0 Å². The minimum Gasteiger partial charge on any atom is -0.474 e. The van der Waals surface area contributed by atoms with Crippen molar-refractivity contribution in [1.29, 1.82) is 0 Å². The molecule has 0 fully saturated rings. The van der Waals surface area contributed by atoms with E-state index in [1.165, 1.54) is 63.1 Å². The van der Waals surface area contributed by atoms with E-state index in [1.807, 2.05) is 0 Å². The number of alkyl halides is 3. The summed E-state index contributed by atoms with van der Waals surface area (Å²) in [5.74, 6) is -3.32. The maximum Gasteiger partial charge on any atom is 0.416 e. The zero-order valence-corrected chi connectivity index (χ0v) is 22.6. The largest absolute Gasteiger partial charge is 0.474 e. The van der Waals surface area contributed by atoms with Crippen LogP contribution >= 0.6 is 0 Å². The van der Waals surface area contributed by atoms with Crippen LogP contribution in [0.1, 0.15) is 98.2 Å². The van der Waals surface area contributed by atoms with E-state index in [0.29, 0.717) is 17.7 Å². The summed E-state index contributed by atoms with van der Waals surface area (Å²) in [4.78, 5) is 36.9. The first-order chi connectivity index (χ1) is 18.6. The second-order valence-corrected chi connectivity index (χ2v) is 9.76. The third-order valence-electron chi connectivity index (χ3n) is 6.56. The molecule has 0 aliphatic heterocycles. The van der Waals surface area contributed by atoms with Crippen LogP contribution in [0.4, 0.5) is 13.2 Å². The molecule has 2 amide bonds. The van der Waals surface area contributed by atoms with E-state index < -0.39 is 30.2 Å². The standard InChI is InChI=1S/C30H39F3N2O4/c1-2-3-4-5-6-7-8-9-10-13-20-34-27(36)24-18-16-23(17-19-24)21-35(28(37)29(38)39)22-25-14-11-12-15-26(25)30(31,32)33/h11-12,14-19H,2-10,13,20-22H2,1H3,(H,34,36)(H,38,39). The molecule has 0 heterocycles. The zero-order valence-electron chi connectivity index (χ0n) is 22.6. The summed E-state index contributed by atoms with van der Waals surface area (Å²) in [6.45, 7) is 2.03. The first-order valence-electron chi connectivity index (χ1n) is 13.7. The van der Waals surface area contributed by atoms with Gasteiger partial charge in [-0.3, -0.25) is 9.59 Å². The Hall–Kier alpha value is -3.36. The van der Waals surface area contributed by atoms with Gasteiger partial charge >= 0.3 is 18.1 Å². The SMILES string of the molecule is CCCCCCCCCCCCNC(=O)c1ccc(CN(Cc2ccccc2C(F)(F)F)C(=O)C(=O)O)cc1. The van der Waals surface area contributed by atoms with Crippen molar-refractivity contribution >= 4 is 17.8 Å². The number of halogens is 3. The molecule has 2 aromatic rings. The Morgan fingerprint density at radius 1 is 0.795 bits per heavy atom. The lowest BCUT2D eigenvalue weighted by atomic mass is 10.1. The maximum atomic E-state index is 13.4. The van der Waals surface area contributed by atoms with Crippen LogP contribution in [-0.2, 0) is 28.9 Å². The van der Waals surface area contributed by atoms with E-state index in [4.69, 9.17) is 0 Å². The number of benzene rings is 2. The lowest BCUT2D eigenvalue weighted by Crippen LogP contribution is -2.36. The van der Waals surface area contributed by atoms with Crippen molar-refractivity contribution in [3.8, 4) is 0 Å². The van der Waals surface area contributed by atoms with Gasteiger partial charge in [0.25, 0.3) is 5.91 Å². The molecule has 0 radical (unpaired) electrons. The summed E-state index contributed by atoms with van der Waals surface area (Å²) in [6, 6.07) is 11.0. The molecule has 2 N–H and O–H groups in total. The molecule has 0 aliphatic carbocycles. The molecule has 0 saturated carbocycles. The van der Waals surface area contributed by atoms with Gasteiger partial charge in [0, 0.05) is 25.2 Å². The van der Waals surface area contributed by atoms with Gasteiger partial charge in [-0.25, -0.2) is 4.79 Å². The average molecular weight is 549 g/mol. The van der Waals surface area contributed by atoms with E-state index in [0.717, 1.165) is 30.2 Å². The van der Waals surface area contributed by atoms with Crippen LogP contribution in [0, 0.1) is 0 Å². The van der Waals surface area contributed by atoms with Gasteiger partial charge in [0.05, 0.1) is 5.56 Å². The highest BCUT2D eigenvalue weighted by molar-refractivity contribution is 6.31. The topological polar surface area (TPSA) is 86.7 Å². The van der Waals surface area contributed by atoms with Gasteiger partial charge in [0.15, 0.2) is 0 Å². The number of carboxylic acids is 1. The van der Waals surface area contributed by atoms with Crippen LogP contribution in [-0.4, -0.2) is 34.3 Å². The molecule has 9 heteroatoms. The zero-order chi connectivity index (χ0) is 28.7. The predicted molar refractivity (Wildman–Crippen MR) is 144 cm³/mol.